The maximum atomic E-state index is 12.9. The van der Waals surface area contributed by atoms with Gasteiger partial charge < -0.3 is 9.84 Å². The van der Waals surface area contributed by atoms with Gasteiger partial charge in [-0.1, -0.05) is 102 Å². The minimum atomic E-state index is -4.00. The first-order chi connectivity index (χ1) is 20.4. The molecule has 0 saturated heterocycles. The SMILES string of the molecule is COc1cc(C(=O)O)ccc1NS(=O)(=O)c1ccc(C#CC2CCCCC(C3CCCCCCCC3)CCCC2)cn1. The summed E-state index contributed by atoms with van der Waals surface area (Å²) >= 11 is 0. The Labute approximate surface area is 251 Å². The van der Waals surface area contributed by atoms with Crippen LogP contribution in [0.5, 0.6) is 5.75 Å². The molecule has 7 nitrogen and oxygen atoms in total. The summed E-state index contributed by atoms with van der Waals surface area (Å²) in [6, 6.07) is 7.06. The Morgan fingerprint density at radius 2 is 1.43 bits per heavy atom. The maximum Gasteiger partial charge on any atom is 0.335 e. The fourth-order valence-corrected chi connectivity index (χ4v) is 7.54. The molecular weight excluding hydrogens is 548 g/mol. The predicted octanol–water partition coefficient (Wildman–Crippen LogP) is 8.06. The highest BCUT2D eigenvalue weighted by Gasteiger charge is 2.23. The van der Waals surface area contributed by atoms with Crippen LogP contribution in [0.15, 0.2) is 41.6 Å². The molecule has 2 N–H and O–H groups in total. The lowest BCUT2D eigenvalue weighted by Crippen LogP contribution is -2.16. The number of ether oxygens (including phenoxy) is 1. The molecule has 42 heavy (non-hydrogen) atoms. The fourth-order valence-electron chi connectivity index (χ4n) is 6.54. The summed E-state index contributed by atoms with van der Waals surface area (Å²) < 4.78 is 33.5. The number of carboxylic acids is 1. The van der Waals surface area contributed by atoms with Crippen LogP contribution in [0, 0.1) is 29.6 Å². The van der Waals surface area contributed by atoms with Crippen molar-refractivity contribution in [2.45, 2.75) is 108 Å². The van der Waals surface area contributed by atoms with Gasteiger partial charge in [-0.05, 0) is 55.0 Å². The van der Waals surface area contributed by atoms with Gasteiger partial charge in [-0.3, -0.25) is 4.72 Å². The van der Waals surface area contributed by atoms with E-state index in [0.29, 0.717) is 11.5 Å². The Kier molecular flexibility index (Phi) is 12.1. The molecule has 1 aromatic carbocycles. The van der Waals surface area contributed by atoms with E-state index in [4.69, 9.17) is 4.74 Å². The van der Waals surface area contributed by atoms with Crippen molar-refractivity contribution in [1.82, 2.24) is 4.98 Å². The number of pyridine rings is 1. The molecule has 0 aliphatic heterocycles. The standard InChI is InChI=1S/C34H46N2O5S/c1-41-32-24-30(34(37)38)21-22-31(32)36-42(39,40)33-23-20-27(25-35-33)19-18-26-12-8-10-16-29(17-11-9-13-26)28-14-6-4-2-3-5-7-15-28/h20-26,28-29,36H,2-17H2,1H3,(H,37,38). The number of carbonyl (C=O) groups is 1. The van der Waals surface area contributed by atoms with Crippen molar-refractivity contribution in [1.29, 1.82) is 0 Å². The minimum absolute atomic E-state index is 0.00369. The minimum Gasteiger partial charge on any atom is -0.495 e. The molecule has 2 fully saturated rings. The first-order valence-electron chi connectivity index (χ1n) is 15.8. The van der Waals surface area contributed by atoms with Crippen LogP contribution in [0.1, 0.15) is 119 Å². The van der Waals surface area contributed by atoms with Crippen LogP contribution in [0.4, 0.5) is 5.69 Å². The number of aromatic nitrogens is 1. The second-order valence-corrected chi connectivity index (χ2v) is 13.6. The lowest BCUT2D eigenvalue weighted by atomic mass is 9.77. The van der Waals surface area contributed by atoms with E-state index in [1.54, 1.807) is 6.07 Å². The highest BCUT2D eigenvalue weighted by Crippen LogP contribution is 2.35. The Balaban J connectivity index is 1.32. The highest BCUT2D eigenvalue weighted by atomic mass is 32.2. The Hall–Kier alpha value is -3.05. The van der Waals surface area contributed by atoms with E-state index in [9.17, 15) is 18.3 Å². The zero-order valence-corrected chi connectivity index (χ0v) is 25.8. The quantitative estimate of drug-likeness (QED) is 0.328. The number of nitrogens with zero attached hydrogens (tertiary/aromatic N) is 1. The number of hydrogen-bond donors (Lipinski definition) is 2. The van der Waals surface area contributed by atoms with Gasteiger partial charge in [0.15, 0.2) is 5.03 Å². The third kappa shape index (κ3) is 9.49. The molecular formula is C34H46N2O5S. The van der Waals surface area contributed by atoms with E-state index >= 15 is 0 Å². The summed E-state index contributed by atoms with van der Waals surface area (Å²) in [6.45, 7) is 0. The Morgan fingerprint density at radius 1 is 0.857 bits per heavy atom. The molecule has 8 heteroatoms. The summed E-state index contributed by atoms with van der Waals surface area (Å²) in [7, 11) is -2.65. The molecule has 0 amide bonds. The molecule has 2 saturated carbocycles. The van der Waals surface area contributed by atoms with E-state index in [2.05, 4.69) is 21.5 Å². The smallest absolute Gasteiger partial charge is 0.335 e. The first kappa shape index (κ1) is 31.9. The summed E-state index contributed by atoms with van der Waals surface area (Å²) in [6.07, 6.45) is 23.0. The summed E-state index contributed by atoms with van der Waals surface area (Å²) in [4.78, 5) is 15.4. The van der Waals surface area contributed by atoms with Gasteiger partial charge in [0.2, 0.25) is 0 Å². The zero-order chi connectivity index (χ0) is 29.8. The van der Waals surface area contributed by atoms with Crippen LogP contribution >= 0.6 is 0 Å². The number of rotatable bonds is 6. The van der Waals surface area contributed by atoms with E-state index in [1.165, 1.54) is 127 Å². The topological polar surface area (TPSA) is 106 Å². The molecule has 228 valence electrons. The molecule has 2 aromatic rings. The third-order valence-corrected chi connectivity index (χ3v) is 10.2. The number of hydrogen-bond acceptors (Lipinski definition) is 5. The van der Waals surface area contributed by atoms with E-state index in [1.807, 2.05) is 0 Å². The van der Waals surface area contributed by atoms with Gasteiger partial charge in [0.25, 0.3) is 10.0 Å². The zero-order valence-electron chi connectivity index (χ0n) is 24.9. The molecule has 0 spiro atoms. The lowest BCUT2D eigenvalue weighted by Gasteiger charge is -2.28. The third-order valence-electron chi connectivity index (χ3n) is 8.95. The van der Waals surface area contributed by atoms with E-state index in [-0.39, 0.29) is 22.0 Å². The number of aromatic carboxylic acids is 1. The molecule has 1 heterocycles. The fraction of sp³-hybridized carbons (Fsp3) is 0.588. The van der Waals surface area contributed by atoms with Crippen molar-refractivity contribution in [3.8, 4) is 17.6 Å². The average Bonchev–Trinajstić information content (AvgIpc) is 3.13. The van der Waals surface area contributed by atoms with Crippen LogP contribution in [-0.4, -0.2) is 31.6 Å². The van der Waals surface area contributed by atoms with Crippen molar-refractivity contribution in [3.05, 3.63) is 47.7 Å². The normalized spacial score (nSPS) is 21.5. The summed E-state index contributed by atoms with van der Waals surface area (Å²) in [5.74, 6) is 7.88. The van der Waals surface area contributed by atoms with Crippen molar-refractivity contribution < 1.29 is 23.1 Å². The average molecular weight is 595 g/mol. The van der Waals surface area contributed by atoms with Crippen molar-refractivity contribution in [3.63, 3.8) is 0 Å². The van der Waals surface area contributed by atoms with Crippen LogP contribution < -0.4 is 9.46 Å². The van der Waals surface area contributed by atoms with Gasteiger partial charge in [0, 0.05) is 17.7 Å². The predicted molar refractivity (Wildman–Crippen MR) is 166 cm³/mol. The Bertz CT molecular complexity index is 1310. The lowest BCUT2D eigenvalue weighted by molar-refractivity contribution is 0.0696. The number of benzene rings is 1. The molecule has 0 radical (unpaired) electrons. The van der Waals surface area contributed by atoms with E-state index < -0.39 is 16.0 Å². The Morgan fingerprint density at radius 3 is 1.98 bits per heavy atom. The van der Waals surface area contributed by atoms with Crippen molar-refractivity contribution >= 4 is 21.7 Å². The number of sulfonamides is 1. The number of methoxy groups -OCH3 is 1. The molecule has 2 aliphatic rings. The molecule has 2 aliphatic carbocycles. The summed E-state index contributed by atoms with van der Waals surface area (Å²) in [5.41, 5.74) is 0.821. The van der Waals surface area contributed by atoms with Gasteiger partial charge in [-0.15, -0.1) is 0 Å². The number of nitrogens with one attached hydrogen (secondary N) is 1. The largest absolute Gasteiger partial charge is 0.495 e. The number of carboxylic acid groups (broad SMARTS) is 1. The van der Waals surface area contributed by atoms with E-state index in [0.717, 1.165) is 24.7 Å². The summed E-state index contributed by atoms with van der Waals surface area (Å²) in [5, 5.41) is 9.02. The molecule has 0 bridgehead atoms. The second-order valence-electron chi connectivity index (χ2n) is 12.0. The highest BCUT2D eigenvalue weighted by molar-refractivity contribution is 7.92. The molecule has 4 rings (SSSR count). The van der Waals surface area contributed by atoms with Gasteiger partial charge in [0.05, 0.1) is 18.4 Å². The molecule has 1 aromatic heterocycles. The molecule has 0 atom stereocenters. The van der Waals surface area contributed by atoms with Crippen LogP contribution in [0.25, 0.3) is 0 Å². The van der Waals surface area contributed by atoms with Gasteiger partial charge in [-0.25, -0.2) is 9.78 Å². The van der Waals surface area contributed by atoms with Crippen molar-refractivity contribution in [2.75, 3.05) is 11.8 Å². The number of anilines is 1. The monoisotopic (exact) mass is 594 g/mol. The second kappa shape index (κ2) is 16.0. The first-order valence-corrected chi connectivity index (χ1v) is 17.3. The maximum absolute atomic E-state index is 12.9. The van der Waals surface area contributed by atoms with Gasteiger partial charge >= 0.3 is 5.97 Å². The molecule has 0 unspecified atom stereocenters. The van der Waals surface area contributed by atoms with Crippen molar-refractivity contribution in [2.24, 2.45) is 17.8 Å². The van der Waals surface area contributed by atoms with Crippen LogP contribution in [0.3, 0.4) is 0 Å². The van der Waals surface area contributed by atoms with Crippen LogP contribution in [0.2, 0.25) is 0 Å². The van der Waals surface area contributed by atoms with Gasteiger partial charge in [-0.2, -0.15) is 8.42 Å². The van der Waals surface area contributed by atoms with Crippen LogP contribution in [-0.2, 0) is 10.0 Å². The van der Waals surface area contributed by atoms with Gasteiger partial charge in [0.1, 0.15) is 5.75 Å².